The maximum atomic E-state index is 5.34. The lowest BCUT2D eigenvalue weighted by Crippen LogP contribution is -2.46. The van der Waals surface area contributed by atoms with Crippen LogP contribution in [0.2, 0.25) is 0 Å². The van der Waals surface area contributed by atoms with Crippen LogP contribution in [0.4, 0.5) is 0 Å². The fraction of sp³-hybridized carbons (Fsp3) is 0.692. The average molecular weight is 237 g/mol. The van der Waals surface area contributed by atoms with E-state index in [0.29, 0.717) is 6.04 Å². The monoisotopic (exact) mass is 237 g/mol. The smallest absolute Gasteiger partial charge is 0.105 e. The van der Waals surface area contributed by atoms with Gasteiger partial charge in [-0.05, 0) is 19.1 Å². The summed E-state index contributed by atoms with van der Waals surface area (Å²) in [5.74, 6) is 1.06. The highest BCUT2D eigenvalue weighted by molar-refractivity contribution is 4.99. The lowest BCUT2D eigenvalue weighted by molar-refractivity contribution is 0.238. The van der Waals surface area contributed by atoms with Crippen LogP contribution in [-0.4, -0.2) is 50.2 Å². The largest absolute Gasteiger partial charge is 0.469 e. The Labute approximate surface area is 103 Å². The predicted octanol–water partition coefficient (Wildman–Crippen LogP) is 0.705. The first kappa shape index (κ1) is 12.6. The number of nitrogens with zero attached hydrogens (tertiary/aromatic N) is 1. The van der Waals surface area contributed by atoms with Crippen molar-refractivity contribution in [3.63, 3.8) is 0 Å². The number of nitrogens with one attached hydrogen (secondary N) is 2. The third-order valence-electron chi connectivity index (χ3n) is 3.22. The average Bonchev–Trinajstić information content (AvgIpc) is 2.83. The molecular weight excluding hydrogens is 214 g/mol. The first-order chi connectivity index (χ1) is 8.34. The Morgan fingerprint density at radius 3 is 3.00 bits per heavy atom. The Balaban J connectivity index is 1.58. The molecule has 0 saturated carbocycles. The molecule has 1 atom stereocenters. The van der Waals surface area contributed by atoms with E-state index < -0.39 is 0 Å². The van der Waals surface area contributed by atoms with E-state index in [1.54, 1.807) is 6.26 Å². The molecule has 4 nitrogen and oxygen atoms in total. The minimum absolute atomic E-state index is 0.476. The molecule has 0 amide bonds. The Morgan fingerprint density at radius 2 is 2.29 bits per heavy atom. The van der Waals surface area contributed by atoms with Crippen LogP contribution in [-0.2, 0) is 6.42 Å². The van der Waals surface area contributed by atoms with E-state index in [9.17, 15) is 0 Å². The van der Waals surface area contributed by atoms with Crippen LogP contribution < -0.4 is 10.6 Å². The van der Waals surface area contributed by atoms with Gasteiger partial charge in [-0.2, -0.15) is 0 Å². The van der Waals surface area contributed by atoms with Gasteiger partial charge in [-0.15, -0.1) is 0 Å². The minimum atomic E-state index is 0.476. The summed E-state index contributed by atoms with van der Waals surface area (Å²) in [6.45, 7) is 9.01. The lowest BCUT2D eigenvalue weighted by atomic mass is 10.2. The second kappa shape index (κ2) is 6.79. The zero-order valence-corrected chi connectivity index (χ0v) is 10.6. The van der Waals surface area contributed by atoms with Crippen LogP contribution in [0.15, 0.2) is 22.8 Å². The summed E-state index contributed by atoms with van der Waals surface area (Å²) in [6, 6.07) is 4.46. The van der Waals surface area contributed by atoms with Crippen LogP contribution in [0.25, 0.3) is 0 Å². The highest BCUT2D eigenvalue weighted by Crippen LogP contribution is 2.03. The zero-order valence-electron chi connectivity index (χ0n) is 10.6. The van der Waals surface area contributed by atoms with Crippen LogP contribution in [0.3, 0.4) is 0 Å². The van der Waals surface area contributed by atoms with E-state index in [1.807, 2.05) is 12.1 Å². The number of piperazine rings is 1. The first-order valence-corrected chi connectivity index (χ1v) is 6.53. The second-order valence-corrected chi connectivity index (χ2v) is 4.73. The Kier molecular flexibility index (Phi) is 5.04. The van der Waals surface area contributed by atoms with Gasteiger partial charge in [0.05, 0.1) is 6.26 Å². The zero-order chi connectivity index (χ0) is 11.9. The van der Waals surface area contributed by atoms with Crippen molar-refractivity contribution in [2.75, 3.05) is 39.3 Å². The topological polar surface area (TPSA) is 40.4 Å². The van der Waals surface area contributed by atoms with E-state index in [1.165, 1.54) is 13.1 Å². The Hall–Kier alpha value is -0.840. The van der Waals surface area contributed by atoms with Gasteiger partial charge >= 0.3 is 0 Å². The van der Waals surface area contributed by atoms with Crippen molar-refractivity contribution in [3.05, 3.63) is 24.2 Å². The highest BCUT2D eigenvalue weighted by Gasteiger charge is 2.09. The molecule has 0 aliphatic carbocycles. The molecular formula is C13H23N3O. The molecule has 2 rings (SSSR count). The summed E-state index contributed by atoms with van der Waals surface area (Å²) in [6.07, 6.45) is 2.71. The van der Waals surface area contributed by atoms with Gasteiger partial charge in [0.2, 0.25) is 0 Å². The molecule has 1 aromatic rings. The summed E-state index contributed by atoms with van der Waals surface area (Å²) in [7, 11) is 0. The number of rotatable bonds is 6. The molecule has 4 heteroatoms. The molecule has 0 bridgehead atoms. The van der Waals surface area contributed by atoms with Crippen molar-refractivity contribution in [3.8, 4) is 0 Å². The van der Waals surface area contributed by atoms with Gasteiger partial charge < -0.3 is 15.1 Å². The van der Waals surface area contributed by atoms with E-state index >= 15 is 0 Å². The standard InChI is InChI=1S/C13H23N3O/c1-12(11-13-3-2-10-17-13)15-6-9-16-7-4-14-5-8-16/h2-3,10,12,14-15H,4-9,11H2,1H3. The lowest BCUT2D eigenvalue weighted by Gasteiger charge is -2.27. The number of furan rings is 1. The van der Waals surface area contributed by atoms with E-state index in [4.69, 9.17) is 4.42 Å². The normalized spacial score (nSPS) is 19.4. The summed E-state index contributed by atoms with van der Waals surface area (Å²) in [4.78, 5) is 2.50. The molecule has 1 saturated heterocycles. The van der Waals surface area contributed by atoms with Gasteiger partial charge in [-0.1, -0.05) is 0 Å². The third kappa shape index (κ3) is 4.50. The predicted molar refractivity (Wildman–Crippen MR) is 69.2 cm³/mol. The molecule has 1 aromatic heterocycles. The Morgan fingerprint density at radius 1 is 1.47 bits per heavy atom. The quantitative estimate of drug-likeness (QED) is 0.764. The highest BCUT2D eigenvalue weighted by atomic mass is 16.3. The maximum absolute atomic E-state index is 5.34. The van der Waals surface area contributed by atoms with Crippen molar-refractivity contribution >= 4 is 0 Å². The van der Waals surface area contributed by atoms with Crippen LogP contribution in [0.5, 0.6) is 0 Å². The molecule has 0 radical (unpaired) electrons. The van der Waals surface area contributed by atoms with Crippen LogP contribution in [0, 0.1) is 0 Å². The van der Waals surface area contributed by atoms with Gasteiger partial charge in [-0.3, -0.25) is 4.90 Å². The molecule has 1 aliphatic rings. The van der Waals surface area contributed by atoms with Crippen molar-refractivity contribution in [2.45, 2.75) is 19.4 Å². The van der Waals surface area contributed by atoms with Crippen LogP contribution >= 0.6 is 0 Å². The molecule has 0 spiro atoms. The molecule has 1 unspecified atom stereocenters. The second-order valence-electron chi connectivity index (χ2n) is 4.73. The van der Waals surface area contributed by atoms with Crippen LogP contribution in [0.1, 0.15) is 12.7 Å². The molecule has 2 heterocycles. The van der Waals surface area contributed by atoms with Gasteiger partial charge in [0, 0.05) is 51.7 Å². The fourth-order valence-corrected chi connectivity index (χ4v) is 2.21. The molecule has 1 aliphatic heterocycles. The summed E-state index contributed by atoms with van der Waals surface area (Å²) in [5.41, 5.74) is 0. The van der Waals surface area contributed by atoms with Crippen molar-refractivity contribution in [1.29, 1.82) is 0 Å². The Bertz CT molecular complexity index is 294. The molecule has 96 valence electrons. The molecule has 2 N–H and O–H groups in total. The van der Waals surface area contributed by atoms with Gasteiger partial charge in [-0.25, -0.2) is 0 Å². The van der Waals surface area contributed by atoms with Gasteiger partial charge in [0.15, 0.2) is 0 Å². The summed E-state index contributed by atoms with van der Waals surface area (Å²) >= 11 is 0. The maximum Gasteiger partial charge on any atom is 0.105 e. The molecule has 1 fully saturated rings. The third-order valence-corrected chi connectivity index (χ3v) is 3.22. The van der Waals surface area contributed by atoms with Crippen molar-refractivity contribution < 1.29 is 4.42 Å². The van der Waals surface area contributed by atoms with Gasteiger partial charge in [0.25, 0.3) is 0 Å². The minimum Gasteiger partial charge on any atom is -0.469 e. The van der Waals surface area contributed by atoms with Gasteiger partial charge in [0.1, 0.15) is 5.76 Å². The molecule has 17 heavy (non-hydrogen) atoms. The number of hydrogen-bond acceptors (Lipinski definition) is 4. The molecule has 0 aromatic carbocycles. The summed E-state index contributed by atoms with van der Waals surface area (Å²) in [5, 5.41) is 6.92. The SMILES string of the molecule is CC(Cc1ccco1)NCCN1CCNCC1. The van der Waals surface area contributed by atoms with E-state index in [0.717, 1.165) is 38.4 Å². The van der Waals surface area contributed by atoms with Crippen molar-refractivity contribution in [1.82, 2.24) is 15.5 Å². The first-order valence-electron chi connectivity index (χ1n) is 6.53. The summed E-state index contributed by atoms with van der Waals surface area (Å²) < 4.78 is 5.34. The fourth-order valence-electron chi connectivity index (χ4n) is 2.21. The number of hydrogen-bond donors (Lipinski definition) is 2. The van der Waals surface area contributed by atoms with E-state index in [-0.39, 0.29) is 0 Å². The van der Waals surface area contributed by atoms with E-state index in [2.05, 4.69) is 22.5 Å². The van der Waals surface area contributed by atoms with Crippen molar-refractivity contribution in [2.24, 2.45) is 0 Å².